The van der Waals surface area contributed by atoms with Crippen LogP contribution >= 0.6 is 0 Å². The fourth-order valence-electron chi connectivity index (χ4n) is 1.13. The first-order valence-corrected chi connectivity index (χ1v) is 5.22. The third-order valence-corrected chi connectivity index (χ3v) is 2.08. The summed E-state index contributed by atoms with van der Waals surface area (Å²) in [5, 5.41) is 3.86. The molecule has 0 saturated carbocycles. The molecule has 0 aliphatic heterocycles. The molecular formula is C13H17NO. The highest BCUT2D eigenvalue weighted by molar-refractivity contribution is 5.79. The molecule has 2 nitrogen and oxygen atoms in total. The molecule has 0 aliphatic rings. The Morgan fingerprint density at radius 1 is 1.33 bits per heavy atom. The lowest BCUT2D eigenvalue weighted by Crippen LogP contribution is -1.88. The fraction of sp³-hybridized carbons (Fsp3) is 0.308. The molecule has 0 atom stereocenters. The molecule has 2 heteroatoms. The molecule has 0 saturated heterocycles. The molecule has 1 aromatic carbocycles. The molecule has 0 spiro atoms. The maximum absolute atomic E-state index is 5.03. The maximum atomic E-state index is 5.03. The summed E-state index contributed by atoms with van der Waals surface area (Å²) in [5.41, 5.74) is 2.39. The maximum Gasteiger partial charge on any atom is 0.120 e. The van der Waals surface area contributed by atoms with Crippen LogP contribution in [0, 0.1) is 0 Å². The van der Waals surface area contributed by atoms with Gasteiger partial charge in [0.05, 0.1) is 6.21 Å². The predicted molar refractivity (Wildman–Crippen MR) is 64.2 cm³/mol. The van der Waals surface area contributed by atoms with Crippen LogP contribution in [0.25, 0.3) is 0 Å². The molecule has 80 valence electrons. The van der Waals surface area contributed by atoms with Gasteiger partial charge in [-0.1, -0.05) is 42.4 Å². The van der Waals surface area contributed by atoms with E-state index in [9.17, 15) is 0 Å². The Balaban J connectivity index is 2.39. The second-order valence-corrected chi connectivity index (χ2v) is 3.24. The summed E-state index contributed by atoms with van der Waals surface area (Å²) in [6, 6.07) is 8.29. The SMILES string of the molecule is C=CCCON=Cc1ccc(CC)cc1. The standard InChI is InChI=1S/C13H17NO/c1-3-5-10-15-14-11-13-8-6-12(4-2)7-9-13/h3,6-9,11H,1,4-5,10H2,2H3. The number of aryl methyl sites for hydroxylation is 1. The molecule has 0 bridgehead atoms. The molecule has 1 rings (SSSR count). The van der Waals surface area contributed by atoms with Crippen LogP contribution in [0.3, 0.4) is 0 Å². The monoisotopic (exact) mass is 203 g/mol. The lowest BCUT2D eigenvalue weighted by Gasteiger charge is -1.97. The molecule has 0 aliphatic carbocycles. The van der Waals surface area contributed by atoms with Crippen LogP contribution < -0.4 is 0 Å². The molecule has 0 radical (unpaired) electrons. The highest BCUT2D eigenvalue weighted by Gasteiger charge is 1.89. The van der Waals surface area contributed by atoms with Crippen LogP contribution in [-0.4, -0.2) is 12.8 Å². The van der Waals surface area contributed by atoms with E-state index in [1.54, 1.807) is 6.21 Å². The van der Waals surface area contributed by atoms with E-state index in [2.05, 4.69) is 30.8 Å². The number of hydrogen-bond acceptors (Lipinski definition) is 2. The molecule has 0 fully saturated rings. The zero-order chi connectivity index (χ0) is 10.9. The van der Waals surface area contributed by atoms with E-state index >= 15 is 0 Å². The summed E-state index contributed by atoms with van der Waals surface area (Å²) in [4.78, 5) is 5.03. The second-order valence-electron chi connectivity index (χ2n) is 3.24. The van der Waals surface area contributed by atoms with E-state index in [-0.39, 0.29) is 0 Å². The summed E-state index contributed by atoms with van der Waals surface area (Å²) in [7, 11) is 0. The van der Waals surface area contributed by atoms with Crippen LogP contribution in [0.15, 0.2) is 42.1 Å². The van der Waals surface area contributed by atoms with Gasteiger partial charge in [0, 0.05) is 6.42 Å². The molecule has 0 heterocycles. The number of oxime groups is 1. The molecule has 0 aromatic heterocycles. The summed E-state index contributed by atoms with van der Waals surface area (Å²) in [5.74, 6) is 0. The lowest BCUT2D eigenvalue weighted by molar-refractivity contribution is 0.151. The molecule has 15 heavy (non-hydrogen) atoms. The first kappa shape index (κ1) is 11.5. The Hall–Kier alpha value is -1.57. The van der Waals surface area contributed by atoms with E-state index in [0.29, 0.717) is 6.61 Å². The molecule has 0 amide bonds. The quantitative estimate of drug-likeness (QED) is 0.301. The van der Waals surface area contributed by atoms with Gasteiger partial charge < -0.3 is 4.84 Å². The van der Waals surface area contributed by atoms with Gasteiger partial charge in [-0.25, -0.2) is 0 Å². The Morgan fingerprint density at radius 2 is 2.07 bits per heavy atom. The first-order chi connectivity index (χ1) is 7.36. The van der Waals surface area contributed by atoms with E-state index < -0.39 is 0 Å². The van der Waals surface area contributed by atoms with E-state index in [1.807, 2.05) is 18.2 Å². The Kier molecular flexibility index (Phi) is 5.23. The van der Waals surface area contributed by atoms with E-state index in [4.69, 9.17) is 4.84 Å². The lowest BCUT2D eigenvalue weighted by atomic mass is 10.1. The number of benzene rings is 1. The number of hydrogen-bond donors (Lipinski definition) is 0. The van der Waals surface area contributed by atoms with Crippen molar-refractivity contribution >= 4 is 6.21 Å². The third kappa shape index (κ3) is 4.45. The van der Waals surface area contributed by atoms with Gasteiger partial charge in [0.25, 0.3) is 0 Å². The summed E-state index contributed by atoms with van der Waals surface area (Å²) in [6.45, 7) is 6.33. The summed E-state index contributed by atoms with van der Waals surface area (Å²) in [6.07, 6.45) is 5.42. The van der Waals surface area contributed by atoms with Crippen molar-refractivity contribution < 1.29 is 4.84 Å². The molecule has 0 N–H and O–H groups in total. The van der Waals surface area contributed by atoms with Crippen molar-refractivity contribution in [2.24, 2.45) is 5.16 Å². The van der Waals surface area contributed by atoms with Crippen molar-refractivity contribution in [3.05, 3.63) is 48.0 Å². The highest BCUT2D eigenvalue weighted by atomic mass is 16.6. The molecular weight excluding hydrogens is 186 g/mol. The molecule has 0 unspecified atom stereocenters. The van der Waals surface area contributed by atoms with Gasteiger partial charge in [-0.3, -0.25) is 0 Å². The van der Waals surface area contributed by atoms with Crippen molar-refractivity contribution in [1.29, 1.82) is 0 Å². The number of rotatable bonds is 6. The zero-order valence-electron chi connectivity index (χ0n) is 9.15. The summed E-state index contributed by atoms with van der Waals surface area (Å²) < 4.78 is 0. The average Bonchev–Trinajstić information content (AvgIpc) is 2.30. The van der Waals surface area contributed by atoms with Gasteiger partial charge in [-0.2, -0.15) is 0 Å². The normalized spacial score (nSPS) is 10.5. The van der Waals surface area contributed by atoms with Gasteiger partial charge in [-0.15, -0.1) is 6.58 Å². The van der Waals surface area contributed by atoms with Crippen molar-refractivity contribution in [1.82, 2.24) is 0 Å². The zero-order valence-corrected chi connectivity index (χ0v) is 9.15. The largest absolute Gasteiger partial charge is 0.395 e. The Bertz CT molecular complexity index is 314. The minimum atomic E-state index is 0.590. The van der Waals surface area contributed by atoms with Crippen LogP contribution in [0.1, 0.15) is 24.5 Å². The topological polar surface area (TPSA) is 21.6 Å². The Morgan fingerprint density at radius 3 is 2.67 bits per heavy atom. The van der Waals surface area contributed by atoms with Gasteiger partial charge in [0.1, 0.15) is 6.61 Å². The van der Waals surface area contributed by atoms with Gasteiger partial charge in [0.2, 0.25) is 0 Å². The number of nitrogens with zero attached hydrogens (tertiary/aromatic N) is 1. The highest BCUT2D eigenvalue weighted by Crippen LogP contribution is 2.02. The van der Waals surface area contributed by atoms with Gasteiger partial charge in [0.15, 0.2) is 0 Å². The van der Waals surface area contributed by atoms with Crippen molar-refractivity contribution in [3.8, 4) is 0 Å². The summed E-state index contributed by atoms with van der Waals surface area (Å²) >= 11 is 0. The average molecular weight is 203 g/mol. The smallest absolute Gasteiger partial charge is 0.120 e. The Labute approximate surface area is 91.3 Å². The van der Waals surface area contributed by atoms with E-state index in [0.717, 1.165) is 18.4 Å². The van der Waals surface area contributed by atoms with Crippen LogP contribution in [0.2, 0.25) is 0 Å². The van der Waals surface area contributed by atoms with Crippen molar-refractivity contribution in [2.45, 2.75) is 19.8 Å². The predicted octanol–water partition coefficient (Wildman–Crippen LogP) is 3.18. The minimum absolute atomic E-state index is 0.590. The minimum Gasteiger partial charge on any atom is -0.395 e. The molecule has 1 aromatic rings. The van der Waals surface area contributed by atoms with E-state index in [1.165, 1.54) is 5.56 Å². The van der Waals surface area contributed by atoms with Crippen LogP contribution in [0.5, 0.6) is 0 Å². The van der Waals surface area contributed by atoms with Gasteiger partial charge in [-0.05, 0) is 17.5 Å². The van der Waals surface area contributed by atoms with Gasteiger partial charge >= 0.3 is 0 Å². The second kappa shape index (κ2) is 6.82. The van der Waals surface area contributed by atoms with Crippen molar-refractivity contribution in [2.75, 3.05) is 6.61 Å². The fourth-order valence-corrected chi connectivity index (χ4v) is 1.13. The van der Waals surface area contributed by atoms with Crippen LogP contribution in [0.4, 0.5) is 0 Å². The third-order valence-electron chi connectivity index (χ3n) is 2.08. The van der Waals surface area contributed by atoms with Crippen molar-refractivity contribution in [3.63, 3.8) is 0 Å². The van der Waals surface area contributed by atoms with Crippen LogP contribution in [-0.2, 0) is 11.3 Å². The first-order valence-electron chi connectivity index (χ1n) is 5.22.